The van der Waals surface area contributed by atoms with Gasteiger partial charge in [0, 0.05) is 25.2 Å². The van der Waals surface area contributed by atoms with E-state index in [9.17, 15) is 22.0 Å². The molecule has 2 rings (SSSR count). The van der Waals surface area contributed by atoms with Gasteiger partial charge in [-0.1, -0.05) is 6.07 Å². The summed E-state index contributed by atoms with van der Waals surface area (Å²) < 4.78 is 65.1. The zero-order valence-corrected chi connectivity index (χ0v) is 10.7. The Morgan fingerprint density at radius 3 is 2.20 bits per heavy atom. The third kappa shape index (κ3) is 2.87. The van der Waals surface area contributed by atoms with Crippen molar-refractivity contribution in [1.82, 2.24) is 0 Å². The molecule has 1 saturated heterocycles. The van der Waals surface area contributed by atoms with Gasteiger partial charge in [-0.15, -0.1) is 0 Å². The van der Waals surface area contributed by atoms with Crippen molar-refractivity contribution in [2.45, 2.75) is 25.6 Å². The van der Waals surface area contributed by atoms with Gasteiger partial charge in [0.05, 0.1) is 11.6 Å². The number of rotatable bonds is 2. The van der Waals surface area contributed by atoms with Crippen LogP contribution in [0.5, 0.6) is 0 Å². The van der Waals surface area contributed by atoms with E-state index in [4.69, 9.17) is 5.73 Å². The molecule has 7 heteroatoms. The van der Waals surface area contributed by atoms with Gasteiger partial charge in [0.25, 0.3) is 0 Å². The van der Waals surface area contributed by atoms with Crippen LogP contribution >= 0.6 is 0 Å². The Kier molecular flexibility index (Phi) is 4.17. The summed E-state index contributed by atoms with van der Waals surface area (Å²) in [5.74, 6) is -3.43. The van der Waals surface area contributed by atoms with Crippen LogP contribution in [0.1, 0.15) is 18.4 Å². The van der Waals surface area contributed by atoms with Gasteiger partial charge >= 0.3 is 6.18 Å². The van der Waals surface area contributed by atoms with Crippen LogP contribution in [0, 0.1) is 17.6 Å². The van der Waals surface area contributed by atoms with E-state index in [0.717, 1.165) is 0 Å². The highest BCUT2D eigenvalue weighted by atomic mass is 19.4. The molecule has 20 heavy (non-hydrogen) atoms. The van der Waals surface area contributed by atoms with Crippen LogP contribution in [0.25, 0.3) is 0 Å². The molecule has 0 aliphatic carbocycles. The summed E-state index contributed by atoms with van der Waals surface area (Å²) in [5.41, 5.74) is 5.32. The summed E-state index contributed by atoms with van der Waals surface area (Å²) >= 11 is 0. The van der Waals surface area contributed by atoms with Gasteiger partial charge in [0.2, 0.25) is 0 Å². The summed E-state index contributed by atoms with van der Waals surface area (Å²) in [6.07, 6.45) is -4.44. The van der Waals surface area contributed by atoms with E-state index in [2.05, 4.69) is 0 Å². The largest absolute Gasteiger partial charge is 0.391 e. The Hall–Kier alpha value is -1.37. The van der Waals surface area contributed by atoms with Crippen LogP contribution in [0.3, 0.4) is 0 Å². The fourth-order valence-electron chi connectivity index (χ4n) is 2.43. The van der Waals surface area contributed by atoms with Gasteiger partial charge in [-0.25, -0.2) is 8.78 Å². The maximum absolute atomic E-state index is 13.9. The second kappa shape index (κ2) is 5.55. The first kappa shape index (κ1) is 15.0. The average molecular weight is 294 g/mol. The molecule has 1 aromatic rings. The molecule has 2 N–H and O–H groups in total. The molecule has 0 atom stereocenters. The highest BCUT2D eigenvalue weighted by molar-refractivity contribution is 5.50. The SMILES string of the molecule is NCc1ccc(N2CCC(C(F)(F)F)CC2)c(F)c1F. The molecule has 1 aromatic carbocycles. The van der Waals surface area contributed by atoms with Gasteiger partial charge in [-0.2, -0.15) is 13.2 Å². The molecular weight excluding hydrogens is 279 g/mol. The monoisotopic (exact) mass is 294 g/mol. The normalized spacial score (nSPS) is 17.6. The lowest BCUT2D eigenvalue weighted by Crippen LogP contribution is -2.39. The fourth-order valence-corrected chi connectivity index (χ4v) is 2.43. The van der Waals surface area contributed by atoms with E-state index in [0.29, 0.717) is 0 Å². The van der Waals surface area contributed by atoms with Gasteiger partial charge in [0.1, 0.15) is 0 Å². The van der Waals surface area contributed by atoms with Crippen LogP contribution in [0.4, 0.5) is 27.6 Å². The van der Waals surface area contributed by atoms with E-state index in [1.807, 2.05) is 0 Å². The minimum Gasteiger partial charge on any atom is -0.369 e. The van der Waals surface area contributed by atoms with Crippen molar-refractivity contribution in [3.63, 3.8) is 0 Å². The molecule has 0 spiro atoms. The van der Waals surface area contributed by atoms with E-state index >= 15 is 0 Å². The Morgan fingerprint density at radius 2 is 1.70 bits per heavy atom. The molecule has 1 fully saturated rings. The third-order valence-corrected chi connectivity index (χ3v) is 3.66. The smallest absolute Gasteiger partial charge is 0.369 e. The topological polar surface area (TPSA) is 29.3 Å². The number of benzene rings is 1. The molecular formula is C13H15F5N2. The zero-order chi connectivity index (χ0) is 14.9. The van der Waals surface area contributed by atoms with E-state index < -0.39 is 23.7 Å². The summed E-state index contributed by atoms with van der Waals surface area (Å²) in [4.78, 5) is 1.45. The first-order valence-corrected chi connectivity index (χ1v) is 6.33. The van der Waals surface area contributed by atoms with Gasteiger partial charge in [-0.05, 0) is 18.9 Å². The third-order valence-electron chi connectivity index (χ3n) is 3.66. The minimum atomic E-state index is -4.22. The molecule has 1 aliphatic heterocycles. The lowest BCUT2D eigenvalue weighted by Gasteiger charge is -2.34. The second-order valence-corrected chi connectivity index (χ2v) is 4.88. The molecule has 0 bridgehead atoms. The Morgan fingerprint density at radius 1 is 1.10 bits per heavy atom. The molecule has 0 saturated carbocycles. The molecule has 1 heterocycles. The van der Waals surface area contributed by atoms with E-state index in [1.165, 1.54) is 17.0 Å². The highest BCUT2D eigenvalue weighted by Crippen LogP contribution is 2.36. The molecule has 2 nitrogen and oxygen atoms in total. The minimum absolute atomic E-state index is 0.000300. The summed E-state index contributed by atoms with van der Waals surface area (Å²) in [7, 11) is 0. The Balaban J connectivity index is 2.13. The van der Waals surface area contributed by atoms with Gasteiger partial charge in [0.15, 0.2) is 11.6 Å². The summed E-state index contributed by atoms with van der Waals surface area (Å²) in [6.45, 7) is -0.00972. The maximum atomic E-state index is 13.9. The van der Waals surface area contributed by atoms with Crippen molar-refractivity contribution in [2.24, 2.45) is 11.7 Å². The molecule has 1 aliphatic rings. The van der Waals surface area contributed by atoms with E-state index in [-0.39, 0.29) is 43.7 Å². The van der Waals surface area contributed by atoms with E-state index in [1.54, 1.807) is 0 Å². The number of hydrogen-bond acceptors (Lipinski definition) is 2. The van der Waals surface area contributed by atoms with Crippen molar-refractivity contribution in [1.29, 1.82) is 0 Å². The molecule has 0 radical (unpaired) electrons. The van der Waals surface area contributed by atoms with Gasteiger partial charge < -0.3 is 10.6 Å². The number of nitrogens with two attached hydrogens (primary N) is 1. The molecule has 0 aromatic heterocycles. The van der Waals surface area contributed by atoms with Crippen LogP contribution in [-0.2, 0) is 6.54 Å². The van der Waals surface area contributed by atoms with Crippen molar-refractivity contribution in [2.75, 3.05) is 18.0 Å². The standard InChI is InChI=1S/C13H15F5N2/c14-11-8(7-19)1-2-10(12(11)15)20-5-3-9(4-6-20)13(16,17)18/h1-2,9H,3-7,19H2. The van der Waals surface area contributed by atoms with Crippen LogP contribution in [-0.4, -0.2) is 19.3 Å². The average Bonchev–Trinajstić information content (AvgIpc) is 2.41. The molecule has 0 unspecified atom stereocenters. The number of nitrogens with zero attached hydrogens (tertiary/aromatic N) is 1. The van der Waals surface area contributed by atoms with Crippen LogP contribution in [0.2, 0.25) is 0 Å². The molecule has 0 amide bonds. The van der Waals surface area contributed by atoms with Crippen molar-refractivity contribution >= 4 is 5.69 Å². The second-order valence-electron chi connectivity index (χ2n) is 4.88. The Bertz CT molecular complexity index is 478. The summed E-state index contributed by atoms with van der Waals surface area (Å²) in [6, 6.07) is 2.73. The van der Waals surface area contributed by atoms with Crippen molar-refractivity contribution in [3.8, 4) is 0 Å². The predicted octanol–water partition coefficient (Wildman–Crippen LogP) is 3.20. The zero-order valence-electron chi connectivity index (χ0n) is 10.7. The van der Waals surface area contributed by atoms with Crippen LogP contribution < -0.4 is 10.6 Å². The number of piperidine rings is 1. The van der Waals surface area contributed by atoms with Crippen molar-refractivity contribution in [3.05, 3.63) is 29.3 Å². The van der Waals surface area contributed by atoms with Crippen LogP contribution in [0.15, 0.2) is 12.1 Å². The first-order chi connectivity index (χ1) is 9.34. The first-order valence-electron chi connectivity index (χ1n) is 6.33. The lowest BCUT2D eigenvalue weighted by molar-refractivity contribution is -0.179. The van der Waals surface area contributed by atoms with Gasteiger partial charge in [-0.3, -0.25) is 0 Å². The number of alkyl halides is 3. The molecule has 112 valence electrons. The number of hydrogen-bond donors (Lipinski definition) is 1. The number of anilines is 1. The maximum Gasteiger partial charge on any atom is 0.391 e. The fraction of sp³-hybridized carbons (Fsp3) is 0.538. The number of halogens is 5. The summed E-state index contributed by atoms with van der Waals surface area (Å²) in [5, 5.41) is 0. The highest BCUT2D eigenvalue weighted by Gasteiger charge is 2.41. The predicted molar refractivity (Wildman–Crippen MR) is 65.2 cm³/mol. The van der Waals surface area contributed by atoms with Crippen molar-refractivity contribution < 1.29 is 22.0 Å². The lowest BCUT2D eigenvalue weighted by atomic mass is 9.96. The quantitative estimate of drug-likeness (QED) is 0.849. The Labute approximate surface area is 113 Å².